The van der Waals surface area contributed by atoms with E-state index in [1.165, 1.54) is 0 Å². The van der Waals surface area contributed by atoms with Crippen molar-refractivity contribution in [3.8, 4) is 17.6 Å². The lowest BCUT2D eigenvalue weighted by atomic mass is 10.0. The SMILES string of the molecule is N#Cc1cc(F)cc(Oc2cnc(C(F)(F)C(F)(F)F)c3c2[C@@H](F)[C@@H](F)[C@H]3O)c1. The average molecular weight is 424 g/mol. The van der Waals surface area contributed by atoms with Crippen LogP contribution in [0.1, 0.15) is 34.7 Å². The van der Waals surface area contributed by atoms with Crippen LogP contribution >= 0.6 is 0 Å². The molecule has 3 atom stereocenters. The lowest BCUT2D eigenvalue weighted by Gasteiger charge is -2.23. The summed E-state index contributed by atoms with van der Waals surface area (Å²) in [6.07, 6.45) is -14.2. The first-order valence-corrected chi connectivity index (χ1v) is 7.71. The summed E-state index contributed by atoms with van der Waals surface area (Å²) in [4.78, 5) is 2.92. The minimum absolute atomic E-state index is 0.245. The fourth-order valence-corrected chi connectivity index (χ4v) is 2.86. The van der Waals surface area contributed by atoms with Gasteiger partial charge in [-0.15, -0.1) is 0 Å². The van der Waals surface area contributed by atoms with Gasteiger partial charge in [0.1, 0.15) is 23.4 Å². The van der Waals surface area contributed by atoms with Gasteiger partial charge in [0.25, 0.3) is 0 Å². The van der Waals surface area contributed by atoms with Gasteiger partial charge in [-0.05, 0) is 12.1 Å². The van der Waals surface area contributed by atoms with E-state index >= 15 is 0 Å². The zero-order valence-electron chi connectivity index (χ0n) is 13.8. The highest BCUT2D eigenvalue weighted by molar-refractivity contribution is 5.52. The predicted octanol–water partition coefficient (Wildman–Crippen LogP) is 4.93. The molecule has 1 aromatic carbocycles. The fourth-order valence-electron chi connectivity index (χ4n) is 2.86. The zero-order chi connectivity index (χ0) is 21.7. The van der Waals surface area contributed by atoms with Crippen LogP contribution < -0.4 is 4.74 Å². The first-order chi connectivity index (χ1) is 13.4. The molecule has 0 radical (unpaired) electrons. The van der Waals surface area contributed by atoms with E-state index in [9.17, 15) is 40.2 Å². The Bertz CT molecular complexity index is 1000. The molecule has 2 aromatic rings. The Kier molecular flexibility index (Phi) is 4.90. The number of aliphatic hydroxyl groups excluding tert-OH is 1. The normalized spacial score (nSPS) is 21.6. The van der Waals surface area contributed by atoms with Gasteiger partial charge in [0, 0.05) is 17.2 Å². The minimum atomic E-state index is -6.15. The molecule has 1 N–H and O–H groups in total. The van der Waals surface area contributed by atoms with E-state index in [2.05, 4.69) is 4.98 Å². The highest BCUT2D eigenvalue weighted by atomic mass is 19.4. The first kappa shape index (κ1) is 20.8. The second-order valence-corrected chi connectivity index (χ2v) is 6.05. The second-order valence-electron chi connectivity index (χ2n) is 6.05. The summed E-state index contributed by atoms with van der Waals surface area (Å²) < 4.78 is 113. The molecule has 1 aliphatic rings. The summed E-state index contributed by atoms with van der Waals surface area (Å²) in [7, 11) is 0. The molecule has 12 heteroatoms. The number of ether oxygens (including phenoxy) is 1. The van der Waals surface area contributed by atoms with Crippen LogP contribution in [-0.4, -0.2) is 22.4 Å². The van der Waals surface area contributed by atoms with Crippen molar-refractivity contribution in [2.45, 2.75) is 30.5 Å². The number of halogens is 8. The van der Waals surface area contributed by atoms with Gasteiger partial charge in [-0.2, -0.15) is 27.2 Å². The van der Waals surface area contributed by atoms with Gasteiger partial charge in [0.05, 0.1) is 17.8 Å². The van der Waals surface area contributed by atoms with Gasteiger partial charge in [-0.1, -0.05) is 0 Å². The van der Waals surface area contributed by atoms with Crippen LogP contribution in [0.3, 0.4) is 0 Å². The molecule has 0 unspecified atom stereocenters. The third-order valence-electron chi connectivity index (χ3n) is 4.16. The number of nitrogens with zero attached hydrogens (tertiary/aromatic N) is 2. The maximum absolute atomic E-state index is 14.3. The van der Waals surface area contributed by atoms with Crippen molar-refractivity contribution in [3.63, 3.8) is 0 Å². The minimum Gasteiger partial charge on any atom is -0.455 e. The predicted molar refractivity (Wildman–Crippen MR) is 79.1 cm³/mol. The first-order valence-electron chi connectivity index (χ1n) is 7.71. The molecule has 29 heavy (non-hydrogen) atoms. The monoisotopic (exact) mass is 424 g/mol. The Hall–Kier alpha value is -2.94. The van der Waals surface area contributed by atoms with Crippen LogP contribution in [0.4, 0.5) is 35.1 Å². The summed E-state index contributed by atoms with van der Waals surface area (Å²) >= 11 is 0. The molecule has 0 saturated carbocycles. The van der Waals surface area contributed by atoms with E-state index in [0.717, 1.165) is 12.1 Å². The number of aliphatic hydroxyl groups is 1. The Morgan fingerprint density at radius 2 is 1.72 bits per heavy atom. The number of alkyl halides is 7. The summed E-state index contributed by atoms with van der Waals surface area (Å²) in [5, 5.41) is 18.5. The van der Waals surface area contributed by atoms with Gasteiger partial charge in [-0.25, -0.2) is 13.2 Å². The largest absolute Gasteiger partial charge is 0.459 e. The molecule has 1 aliphatic carbocycles. The number of fused-ring (bicyclic) bond motifs is 1. The van der Waals surface area contributed by atoms with E-state index in [1.54, 1.807) is 6.07 Å². The fraction of sp³-hybridized carbons (Fsp3) is 0.294. The standard InChI is InChI=1S/C17H8F8N2O2/c18-7-1-6(4-26)2-8(3-7)29-9-5-27-15(16(21,22)17(23,24)25)11-10(9)12(19)13(20)14(11)28/h1-3,5,12-14,28H/t12-,13-,14+/m1/s1. The lowest BCUT2D eigenvalue weighted by molar-refractivity contribution is -0.291. The number of aromatic nitrogens is 1. The summed E-state index contributed by atoms with van der Waals surface area (Å²) in [5.41, 5.74) is -4.83. The van der Waals surface area contributed by atoms with E-state index in [4.69, 9.17) is 10.00 Å². The van der Waals surface area contributed by atoms with Gasteiger partial charge in [0.15, 0.2) is 18.1 Å². The van der Waals surface area contributed by atoms with Crippen molar-refractivity contribution >= 4 is 0 Å². The maximum Gasteiger partial charge on any atom is 0.459 e. The Morgan fingerprint density at radius 3 is 2.31 bits per heavy atom. The third-order valence-corrected chi connectivity index (χ3v) is 4.16. The topological polar surface area (TPSA) is 66.1 Å². The molecule has 4 nitrogen and oxygen atoms in total. The summed E-state index contributed by atoms with van der Waals surface area (Å²) in [6.45, 7) is 0. The van der Waals surface area contributed by atoms with E-state index in [-0.39, 0.29) is 11.8 Å². The van der Waals surface area contributed by atoms with Crippen LogP contribution in [0.15, 0.2) is 24.4 Å². The summed E-state index contributed by atoms with van der Waals surface area (Å²) in [6, 6.07) is 4.05. The highest BCUT2D eigenvalue weighted by Gasteiger charge is 2.63. The van der Waals surface area contributed by atoms with Crippen LogP contribution in [0, 0.1) is 17.1 Å². The molecule has 1 aromatic heterocycles. The molecule has 0 spiro atoms. The van der Waals surface area contributed by atoms with Gasteiger partial charge >= 0.3 is 12.1 Å². The Balaban J connectivity index is 2.18. The van der Waals surface area contributed by atoms with E-state index in [1.807, 2.05) is 0 Å². The molecule has 0 saturated heterocycles. The maximum atomic E-state index is 14.3. The molecule has 0 aliphatic heterocycles. The van der Waals surface area contributed by atoms with Crippen molar-refractivity contribution in [2.75, 3.05) is 0 Å². The molecule has 0 bridgehead atoms. The molecule has 154 valence electrons. The molecular formula is C17H8F8N2O2. The number of hydrogen-bond donors (Lipinski definition) is 1. The van der Waals surface area contributed by atoms with Crippen molar-refractivity contribution in [3.05, 3.63) is 52.6 Å². The number of rotatable bonds is 3. The third kappa shape index (κ3) is 3.35. The van der Waals surface area contributed by atoms with Crippen LogP contribution in [-0.2, 0) is 5.92 Å². The smallest absolute Gasteiger partial charge is 0.455 e. The quantitative estimate of drug-likeness (QED) is 0.710. The molecule has 0 amide bonds. The Morgan fingerprint density at radius 1 is 1.07 bits per heavy atom. The molecule has 1 heterocycles. The number of hydrogen-bond acceptors (Lipinski definition) is 4. The number of pyridine rings is 1. The van der Waals surface area contributed by atoms with Crippen molar-refractivity contribution in [1.29, 1.82) is 5.26 Å². The van der Waals surface area contributed by atoms with Crippen LogP contribution in [0.5, 0.6) is 11.5 Å². The van der Waals surface area contributed by atoms with Crippen molar-refractivity contribution < 1.29 is 45.0 Å². The molecular weight excluding hydrogens is 416 g/mol. The second kappa shape index (κ2) is 6.84. The van der Waals surface area contributed by atoms with Crippen LogP contribution in [0.2, 0.25) is 0 Å². The zero-order valence-corrected chi connectivity index (χ0v) is 13.8. The van der Waals surface area contributed by atoms with E-state index < -0.39 is 64.7 Å². The average Bonchev–Trinajstić information content (AvgIpc) is 2.85. The Labute approximate surface area is 157 Å². The molecule has 0 fully saturated rings. The van der Waals surface area contributed by atoms with Crippen molar-refractivity contribution in [1.82, 2.24) is 4.98 Å². The lowest BCUT2D eigenvalue weighted by Crippen LogP contribution is -2.36. The van der Waals surface area contributed by atoms with Gasteiger partial charge < -0.3 is 9.84 Å². The highest BCUT2D eigenvalue weighted by Crippen LogP contribution is 2.54. The van der Waals surface area contributed by atoms with E-state index in [0.29, 0.717) is 6.07 Å². The summed E-state index contributed by atoms with van der Waals surface area (Å²) in [5.74, 6) is -7.86. The van der Waals surface area contributed by atoms with Crippen molar-refractivity contribution in [2.24, 2.45) is 0 Å². The van der Waals surface area contributed by atoms with Crippen LogP contribution in [0.25, 0.3) is 0 Å². The van der Waals surface area contributed by atoms with Gasteiger partial charge in [0.2, 0.25) is 0 Å². The number of benzene rings is 1. The molecule has 3 rings (SSSR count). The number of nitriles is 1. The van der Waals surface area contributed by atoms with Gasteiger partial charge in [-0.3, -0.25) is 4.98 Å².